The second kappa shape index (κ2) is 14.7. The maximum atomic E-state index is 13.9. The van der Waals surface area contributed by atoms with Gasteiger partial charge in [0.15, 0.2) is 6.61 Å². The fourth-order valence-corrected chi connectivity index (χ4v) is 5.74. The number of halogens is 2. The van der Waals surface area contributed by atoms with Crippen molar-refractivity contribution in [2.24, 2.45) is 0 Å². The van der Waals surface area contributed by atoms with Crippen LogP contribution in [0, 0.1) is 0 Å². The van der Waals surface area contributed by atoms with Crippen LogP contribution in [-0.4, -0.2) is 35.4 Å². The van der Waals surface area contributed by atoms with Crippen LogP contribution in [0.3, 0.4) is 0 Å². The quantitative estimate of drug-likeness (QED) is 0.238. The van der Waals surface area contributed by atoms with E-state index in [1.807, 2.05) is 60.7 Å². The third-order valence-electron chi connectivity index (χ3n) is 7.46. The fraction of sp³-hybridized carbons (Fsp3) is 0.394. The van der Waals surface area contributed by atoms with Crippen LogP contribution >= 0.6 is 27.5 Å². The minimum atomic E-state index is -0.692. The normalized spacial score (nSPS) is 14.5. The summed E-state index contributed by atoms with van der Waals surface area (Å²) in [5, 5.41) is 3.89. The van der Waals surface area contributed by atoms with Crippen molar-refractivity contribution in [3.63, 3.8) is 0 Å². The molecule has 0 aliphatic heterocycles. The van der Waals surface area contributed by atoms with Crippen LogP contribution in [0.5, 0.6) is 5.75 Å². The number of benzene rings is 3. The second-order valence-electron chi connectivity index (χ2n) is 10.8. The van der Waals surface area contributed by atoms with Crippen LogP contribution in [0.25, 0.3) is 0 Å². The lowest BCUT2D eigenvalue weighted by atomic mass is 9.94. The number of carbonyl (C=O) groups is 2. The molecule has 2 amide bonds. The highest BCUT2D eigenvalue weighted by molar-refractivity contribution is 9.10. The van der Waals surface area contributed by atoms with Crippen molar-refractivity contribution < 1.29 is 14.3 Å². The van der Waals surface area contributed by atoms with E-state index in [0.29, 0.717) is 23.1 Å². The van der Waals surface area contributed by atoms with Crippen molar-refractivity contribution in [3.8, 4) is 5.75 Å². The third-order valence-corrected chi connectivity index (χ3v) is 8.33. The lowest BCUT2D eigenvalue weighted by molar-refractivity contribution is -0.143. The lowest BCUT2D eigenvalue weighted by Crippen LogP contribution is -2.53. The van der Waals surface area contributed by atoms with E-state index in [9.17, 15) is 9.59 Å². The molecule has 0 radical (unpaired) electrons. The summed E-state index contributed by atoms with van der Waals surface area (Å²) in [4.78, 5) is 29.4. The molecule has 3 aromatic carbocycles. The van der Waals surface area contributed by atoms with E-state index in [1.54, 1.807) is 17.0 Å². The molecule has 1 saturated carbocycles. The van der Waals surface area contributed by atoms with Gasteiger partial charge in [0.05, 0.1) is 4.47 Å². The van der Waals surface area contributed by atoms with E-state index in [-0.39, 0.29) is 31.0 Å². The first-order valence-electron chi connectivity index (χ1n) is 14.1. The van der Waals surface area contributed by atoms with E-state index in [4.69, 9.17) is 16.3 Å². The second-order valence-corrected chi connectivity index (χ2v) is 12.1. The Bertz CT molecular complexity index is 1260. The molecule has 7 heteroatoms. The number of amides is 2. The highest BCUT2D eigenvalue weighted by Crippen LogP contribution is 2.29. The Labute approximate surface area is 251 Å². The van der Waals surface area contributed by atoms with E-state index < -0.39 is 6.04 Å². The minimum Gasteiger partial charge on any atom is -0.483 e. The molecule has 1 fully saturated rings. The number of nitrogens with zero attached hydrogens (tertiary/aromatic N) is 1. The third kappa shape index (κ3) is 8.58. The number of hydrogen-bond donors (Lipinski definition) is 1. The van der Waals surface area contributed by atoms with Gasteiger partial charge in [-0.15, -0.1) is 0 Å². The molecule has 0 heterocycles. The molecule has 0 saturated heterocycles. The van der Waals surface area contributed by atoms with Crippen molar-refractivity contribution in [2.45, 2.75) is 76.9 Å². The zero-order chi connectivity index (χ0) is 28.5. The van der Waals surface area contributed by atoms with Gasteiger partial charge >= 0.3 is 0 Å². The van der Waals surface area contributed by atoms with Crippen molar-refractivity contribution >= 4 is 39.3 Å². The molecule has 1 aliphatic carbocycles. The molecule has 1 aliphatic rings. The Morgan fingerprint density at radius 3 is 2.33 bits per heavy atom. The molecular weight excluding hydrogens is 588 g/mol. The molecule has 4 rings (SSSR count). The zero-order valence-corrected chi connectivity index (χ0v) is 25.6. The van der Waals surface area contributed by atoms with Gasteiger partial charge in [-0.1, -0.05) is 93.2 Å². The molecule has 0 bridgehead atoms. The van der Waals surface area contributed by atoms with E-state index in [0.717, 1.165) is 41.3 Å². The van der Waals surface area contributed by atoms with Crippen molar-refractivity contribution in [1.82, 2.24) is 10.2 Å². The summed E-state index contributed by atoms with van der Waals surface area (Å²) in [5.74, 6) is 0.591. The first-order valence-corrected chi connectivity index (χ1v) is 15.3. The average Bonchev–Trinajstić information content (AvgIpc) is 2.96. The maximum Gasteiger partial charge on any atom is 0.261 e. The number of nitrogens with one attached hydrogen (secondary N) is 1. The van der Waals surface area contributed by atoms with Crippen molar-refractivity contribution in [2.75, 3.05) is 6.61 Å². The SMILES string of the molecule is CC(C)c1ccc(OCC(=O)N(Cc2ccc(Cl)cc2)[C@@H](Cc2ccccc2)C(=O)NC2CCCCC2)c(Br)c1. The van der Waals surface area contributed by atoms with E-state index >= 15 is 0 Å². The first-order chi connectivity index (χ1) is 19.3. The molecular formula is C33H38BrClN2O3. The summed E-state index contributed by atoms with van der Waals surface area (Å²) in [6.07, 6.45) is 5.77. The topological polar surface area (TPSA) is 58.6 Å². The largest absolute Gasteiger partial charge is 0.483 e. The Balaban J connectivity index is 1.60. The predicted molar refractivity (Wildman–Crippen MR) is 165 cm³/mol. The average molecular weight is 626 g/mol. The van der Waals surface area contributed by atoms with Crippen LogP contribution in [-0.2, 0) is 22.6 Å². The molecule has 40 heavy (non-hydrogen) atoms. The molecule has 1 N–H and O–H groups in total. The van der Waals surface area contributed by atoms with Gasteiger partial charge in [0, 0.05) is 24.0 Å². The molecule has 0 spiro atoms. The summed E-state index contributed by atoms with van der Waals surface area (Å²) in [6.45, 7) is 4.34. The number of carbonyl (C=O) groups excluding carboxylic acids is 2. The van der Waals surface area contributed by atoms with Gasteiger partial charge in [-0.25, -0.2) is 0 Å². The van der Waals surface area contributed by atoms with Gasteiger partial charge < -0.3 is 15.0 Å². The van der Waals surface area contributed by atoms with Gasteiger partial charge in [-0.3, -0.25) is 9.59 Å². The Morgan fingerprint density at radius 1 is 0.975 bits per heavy atom. The van der Waals surface area contributed by atoms with Crippen molar-refractivity contribution in [3.05, 3.63) is 99.0 Å². The van der Waals surface area contributed by atoms with Crippen LogP contribution in [0.2, 0.25) is 5.02 Å². The van der Waals surface area contributed by atoms with E-state index in [1.165, 1.54) is 12.0 Å². The standard InChI is InChI=1S/C33H38BrClN2O3/c1-23(2)26-15-18-31(29(34)20-26)40-22-32(38)37(21-25-13-16-27(35)17-14-25)30(19-24-9-5-3-6-10-24)33(39)36-28-11-7-4-8-12-28/h3,5-6,9-10,13-18,20,23,28,30H,4,7-8,11-12,19,21-22H2,1-2H3,(H,36,39)/t30-/m0/s1. The summed E-state index contributed by atoms with van der Waals surface area (Å²) in [7, 11) is 0. The monoisotopic (exact) mass is 624 g/mol. The molecule has 5 nitrogen and oxygen atoms in total. The Kier molecular flexibility index (Phi) is 11.1. The number of ether oxygens (including phenoxy) is 1. The highest BCUT2D eigenvalue weighted by Gasteiger charge is 2.32. The summed E-state index contributed by atoms with van der Waals surface area (Å²) in [6, 6.07) is 22.6. The summed E-state index contributed by atoms with van der Waals surface area (Å²) >= 11 is 9.72. The fourth-order valence-electron chi connectivity index (χ4n) is 5.10. The smallest absolute Gasteiger partial charge is 0.261 e. The van der Waals surface area contributed by atoms with Crippen LogP contribution in [0.15, 0.2) is 77.3 Å². The maximum absolute atomic E-state index is 13.9. The summed E-state index contributed by atoms with van der Waals surface area (Å²) in [5.41, 5.74) is 3.06. The van der Waals surface area contributed by atoms with Gasteiger partial charge in [0.2, 0.25) is 5.91 Å². The van der Waals surface area contributed by atoms with Crippen LogP contribution in [0.4, 0.5) is 0 Å². The molecule has 0 unspecified atom stereocenters. The predicted octanol–water partition coefficient (Wildman–Crippen LogP) is 7.69. The van der Waals surface area contributed by atoms with Crippen molar-refractivity contribution in [1.29, 1.82) is 0 Å². The van der Waals surface area contributed by atoms with Gasteiger partial charge in [-0.2, -0.15) is 0 Å². The Hall–Kier alpha value is -2.83. The van der Waals surface area contributed by atoms with E-state index in [2.05, 4.69) is 35.1 Å². The number of hydrogen-bond acceptors (Lipinski definition) is 3. The molecule has 1 atom stereocenters. The number of rotatable bonds is 11. The molecule has 3 aromatic rings. The molecule has 212 valence electrons. The zero-order valence-electron chi connectivity index (χ0n) is 23.2. The van der Waals surface area contributed by atoms with Gasteiger partial charge in [-0.05, 0) is 75.6 Å². The Morgan fingerprint density at radius 2 is 1.68 bits per heavy atom. The first kappa shape index (κ1) is 30.1. The minimum absolute atomic E-state index is 0.125. The summed E-state index contributed by atoms with van der Waals surface area (Å²) < 4.78 is 6.81. The van der Waals surface area contributed by atoms with Crippen LogP contribution in [0.1, 0.15) is 68.6 Å². The van der Waals surface area contributed by atoms with Gasteiger partial charge in [0.25, 0.3) is 5.91 Å². The van der Waals surface area contributed by atoms with Crippen LogP contribution < -0.4 is 10.1 Å². The van der Waals surface area contributed by atoms with Gasteiger partial charge in [0.1, 0.15) is 11.8 Å². The highest BCUT2D eigenvalue weighted by atomic mass is 79.9. The molecule has 0 aromatic heterocycles. The lowest BCUT2D eigenvalue weighted by Gasteiger charge is -2.33.